The van der Waals surface area contributed by atoms with E-state index in [1.807, 2.05) is 30.3 Å². The van der Waals surface area contributed by atoms with Crippen molar-refractivity contribution in [2.45, 2.75) is 37.0 Å². The molecule has 0 aliphatic heterocycles. The molecular formula is C22H23N3O3S. The van der Waals surface area contributed by atoms with Gasteiger partial charge in [-0.05, 0) is 50.3 Å². The number of hydrogen-bond donors (Lipinski definition) is 1. The van der Waals surface area contributed by atoms with E-state index in [2.05, 4.69) is 20.9 Å². The van der Waals surface area contributed by atoms with Crippen LogP contribution in [0.15, 0.2) is 75.7 Å². The molecule has 0 saturated heterocycles. The monoisotopic (exact) mass is 409 g/mol. The molecule has 1 aromatic heterocycles. The Balaban J connectivity index is 1.48. The standard InChI is InChI=1S/C22H23N3O3S/c26-29(27,23-15-14-17-8-3-1-4-9-17)20-13-7-12-19(16-20)22-24-21(25-28-22)18-10-5-2-6-11-18/h2,5-8,10-13,16,23H,1,3-4,9,14-15H2. The van der Waals surface area contributed by atoms with Crippen molar-refractivity contribution in [1.29, 1.82) is 0 Å². The Kier molecular flexibility index (Phi) is 5.87. The number of sulfonamides is 1. The van der Waals surface area contributed by atoms with E-state index in [1.165, 1.54) is 18.4 Å². The van der Waals surface area contributed by atoms with Gasteiger partial charge < -0.3 is 4.52 Å². The Morgan fingerprint density at radius 2 is 1.83 bits per heavy atom. The third-order valence-corrected chi connectivity index (χ3v) is 6.43. The number of aromatic nitrogens is 2. The molecular weight excluding hydrogens is 386 g/mol. The molecule has 2 aromatic carbocycles. The maximum absolute atomic E-state index is 12.7. The topological polar surface area (TPSA) is 85.1 Å². The van der Waals surface area contributed by atoms with Gasteiger partial charge in [-0.15, -0.1) is 0 Å². The fourth-order valence-electron chi connectivity index (χ4n) is 3.40. The van der Waals surface area contributed by atoms with Crippen molar-refractivity contribution in [1.82, 2.24) is 14.9 Å². The summed E-state index contributed by atoms with van der Waals surface area (Å²) in [5.74, 6) is 0.751. The quantitative estimate of drug-likeness (QED) is 0.578. The summed E-state index contributed by atoms with van der Waals surface area (Å²) in [6, 6.07) is 16.1. The molecule has 0 unspecified atom stereocenters. The minimum atomic E-state index is -3.60. The second-order valence-electron chi connectivity index (χ2n) is 7.07. The number of rotatable bonds is 7. The first-order valence-corrected chi connectivity index (χ1v) is 11.3. The lowest BCUT2D eigenvalue weighted by Crippen LogP contribution is -2.25. The molecule has 0 saturated carbocycles. The predicted octanol–water partition coefficient (Wildman–Crippen LogP) is 4.57. The molecule has 7 heteroatoms. The Morgan fingerprint density at radius 1 is 1.00 bits per heavy atom. The summed E-state index contributed by atoms with van der Waals surface area (Å²) in [7, 11) is -3.60. The van der Waals surface area contributed by atoms with E-state index in [-0.39, 0.29) is 10.8 Å². The molecule has 1 aliphatic rings. The van der Waals surface area contributed by atoms with E-state index in [1.54, 1.807) is 24.3 Å². The van der Waals surface area contributed by atoms with Gasteiger partial charge in [-0.3, -0.25) is 0 Å². The minimum Gasteiger partial charge on any atom is -0.334 e. The molecule has 0 amide bonds. The molecule has 6 nitrogen and oxygen atoms in total. The van der Waals surface area contributed by atoms with E-state index in [9.17, 15) is 8.42 Å². The van der Waals surface area contributed by atoms with Gasteiger partial charge in [0.1, 0.15) is 0 Å². The lowest BCUT2D eigenvalue weighted by Gasteiger charge is -2.13. The minimum absolute atomic E-state index is 0.187. The zero-order valence-electron chi connectivity index (χ0n) is 16.0. The summed E-state index contributed by atoms with van der Waals surface area (Å²) >= 11 is 0. The Labute approximate surface area is 170 Å². The van der Waals surface area contributed by atoms with Crippen LogP contribution in [0.4, 0.5) is 0 Å². The van der Waals surface area contributed by atoms with Crippen LogP contribution in [-0.4, -0.2) is 25.1 Å². The summed E-state index contributed by atoms with van der Waals surface area (Å²) in [4.78, 5) is 4.58. The summed E-state index contributed by atoms with van der Waals surface area (Å²) < 4.78 is 33.4. The fourth-order valence-corrected chi connectivity index (χ4v) is 4.48. The third-order valence-electron chi connectivity index (χ3n) is 4.97. The first kappa shape index (κ1) is 19.5. The van der Waals surface area contributed by atoms with Gasteiger partial charge in [0.2, 0.25) is 15.8 Å². The summed E-state index contributed by atoms with van der Waals surface area (Å²) in [5, 5.41) is 4.00. The average molecular weight is 410 g/mol. The van der Waals surface area contributed by atoms with E-state index in [0.29, 0.717) is 17.9 Å². The van der Waals surface area contributed by atoms with Gasteiger partial charge >= 0.3 is 0 Å². The van der Waals surface area contributed by atoms with Crippen LogP contribution in [0.2, 0.25) is 0 Å². The highest BCUT2D eigenvalue weighted by Gasteiger charge is 2.17. The van der Waals surface area contributed by atoms with Gasteiger partial charge in [-0.1, -0.05) is 53.2 Å². The lowest BCUT2D eigenvalue weighted by atomic mass is 9.97. The lowest BCUT2D eigenvalue weighted by molar-refractivity contribution is 0.432. The van der Waals surface area contributed by atoms with Crippen LogP contribution in [0.3, 0.4) is 0 Å². The van der Waals surface area contributed by atoms with Crippen LogP contribution in [0.5, 0.6) is 0 Å². The van der Waals surface area contributed by atoms with E-state index in [0.717, 1.165) is 24.8 Å². The average Bonchev–Trinajstić information content (AvgIpc) is 3.26. The second kappa shape index (κ2) is 8.71. The number of benzene rings is 2. The van der Waals surface area contributed by atoms with Gasteiger partial charge in [0, 0.05) is 17.7 Å². The van der Waals surface area contributed by atoms with Crippen molar-refractivity contribution in [2.75, 3.05) is 6.54 Å². The molecule has 0 bridgehead atoms. The highest BCUT2D eigenvalue weighted by molar-refractivity contribution is 7.89. The van der Waals surface area contributed by atoms with Gasteiger partial charge in [0.25, 0.3) is 5.89 Å². The zero-order valence-corrected chi connectivity index (χ0v) is 16.9. The van der Waals surface area contributed by atoms with Crippen LogP contribution in [0.25, 0.3) is 22.8 Å². The summed E-state index contributed by atoms with van der Waals surface area (Å²) in [6.45, 7) is 0.400. The number of hydrogen-bond acceptors (Lipinski definition) is 5. The molecule has 1 aliphatic carbocycles. The Bertz CT molecular complexity index is 1110. The van der Waals surface area contributed by atoms with Crippen LogP contribution >= 0.6 is 0 Å². The number of nitrogens with zero attached hydrogens (tertiary/aromatic N) is 2. The number of nitrogens with one attached hydrogen (secondary N) is 1. The molecule has 0 fully saturated rings. The van der Waals surface area contributed by atoms with Crippen LogP contribution < -0.4 is 4.72 Å². The van der Waals surface area contributed by atoms with Crippen molar-refractivity contribution in [3.63, 3.8) is 0 Å². The molecule has 1 N–H and O–H groups in total. The maximum Gasteiger partial charge on any atom is 0.258 e. The SMILES string of the molecule is O=S(=O)(NCCC1=CCCCC1)c1cccc(-c2nc(-c3ccccc3)no2)c1. The van der Waals surface area contributed by atoms with Crippen molar-refractivity contribution in [2.24, 2.45) is 0 Å². The van der Waals surface area contributed by atoms with Crippen molar-refractivity contribution >= 4 is 10.0 Å². The van der Waals surface area contributed by atoms with Gasteiger partial charge in [-0.2, -0.15) is 4.98 Å². The third kappa shape index (κ3) is 4.81. The molecule has 0 atom stereocenters. The smallest absolute Gasteiger partial charge is 0.258 e. The fraction of sp³-hybridized carbons (Fsp3) is 0.273. The van der Waals surface area contributed by atoms with Gasteiger partial charge in [-0.25, -0.2) is 13.1 Å². The largest absolute Gasteiger partial charge is 0.334 e. The molecule has 29 heavy (non-hydrogen) atoms. The zero-order chi connectivity index (χ0) is 20.1. The number of allylic oxidation sites excluding steroid dienone is 1. The van der Waals surface area contributed by atoms with Gasteiger partial charge in [0.05, 0.1) is 4.90 Å². The first-order chi connectivity index (χ1) is 14.1. The second-order valence-corrected chi connectivity index (χ2v) is 8.84. The molecule has 3 aromatic rings. The normalized spacial score (nSPS) is 14.6. The van der Waals surface area contributed by atoms with Crippen LogP contribution in [-0.2, 0) is 10.0 Å². The molecule has 150 valence electrons. The maximum atomic E-state index is 12.7. The first-order valence-electron chi connectivity index (χ1n) is 9.79. The Hall–Kier alpha value is -2.77. The van der Waals surface area contributed by atoms with E-state index in [4.69, 9.17) is 4.52 Å². The van der Waals surface area contributed by atoms with Crippen LogP contribution in [0, 0.1) is 0 Å². The van der Waals surface area contributed by atoms with Crippen molar-refractivity contribution < 1.29 is 12.9 Å². The predicted molar refractivity (Wildman–Crippen MR) is 112 cm³/mol. The molecule has 4 rings (SSSR count). The van der Waals surface area contributed by atoms with Crippen molar-refractivity contribution in [3.05, 3.63) is 66.2 Å². The summed E-state index contributed by atoms with van der Waals surface area (Å²) in [6.07, 6.45) is 7.57. The highest BCUT2D eigenvalue weighted by atomic mass is 32.2. The highest BCUT2D eigenvalue weighted by Crippen LogP contribution is 2.24. The molecule has 0 radical (unpaired) electrons. The molecule has 0 spiro atoms. The van der Waals surface area contributed by atoms with E-state index >= 15 is 0 Å². The Morgan fingerprint density at radius 3 is 2.62 bits per heavy atom. The van der Waals surface area contributed by atoms with Crippen LogP contribution in [0.1, 0.15) is 32.1 Å². The van der Waals surface area contributed by atoms with E-state index < -0.39 is 10.0 Å². The summed E-state index contributed by atoms with van der Waals surface area (Å²) in [5.41, 5.74) is 2.74. The van der Waals surface area contributed by atoms with Crippen molar-refractivity contribution in [3.8, 4) is 22.8 Å². The molecule has 1 heterocycles. The van der Waals surface area contributed by atoms with Gasteiger partial charge in [0.15, 0.2) is 0 Å².